The SMILES string of the molecule is CC(C)[C@@H](N)C(=O)Oc1c(F)c(F)c(F)c(F)c1F. The molecule has 0 saturated heterocycles. The van der Waals surface area contributed by atoms with Gasteiger partial charge in [0.1, 0.15) is 6.04 Å². The molecule has 3 nitrogen and oxygen atoms in total. The molecule has 0 amide bonds. The van der Waals surface area contributed by atoms with Crippen molar-refractivity contribution in [2.24, 2.45) is 11.7 Å². The quantitative estimate of drug-likeness (QED) is 0.304. The Morgan fingerprint density at radius 1 is 0.947 bits per heavy atom. The first-order valence-electron chi connectivity index (χ1n) is 5.17. The van der Waals surface area contributed by atoms with Crippen LogP contribution in [0.1, 0.15) is 13.8 Å². The average molecular weight is 283 g/mol. The topological polar surface area (TPSA) is 52.3 Å². The van der Waals surface area contributed by atoms with Crippen LogP contribution in [0, 0.1) is 35.0 Å². The molecule has 8 heteroatoms. The van der Waals surface area contributed by atoms with Gasteiger partial charge in [0.2, 0.25) is 34.8 Å². The van der Waals surface area contributed by atoms with Crippen LogP contribution in [-0.2, 0) is 4.79 Å². The summed E-state index contributed by atoms with van der Waals surface area (Å²) in [6, 6.07) is -1.25. The third kappa shape index (κ3) is 2.83. The minimum Gasteiger partial charge on any atom is -0.419 e. The molecule has 0 unspecified atom stereocenters. The number of hydrogen-bond donors (Lipinski definition) is 1. The molecule has 0 fully saturated rings. The predicted octanol–water partition coefficient (Wildman–Crippen LogP) is 2.27. The molecule has 0 saturated carbocycles. The van der Waals surface area contributed by atoms with Gasteiger partial charge in [-0.25, -0.2) is 18.0 Å². The Balaban J connectivity index is 3.19. The summed E-state index contributed by atoms with van der Waals surface area (Å²) in [7, 11) is 0. The molecule has 19 heavy (non-hydrogen) atoms. The number of nitrogens with two attached hydrogens (primary N) is 1. The molecule has 0 aliphatic heterocycles. The molecule has 0 bridgehead atoms. The summed E-state index contributed by atoms with van der Waals surface area (Å²) in [4.78, 5) is 11.3. The average Bonchev–Trinajstić information content (AvgIpc) is 2.37. The van der Waals surface area contributed by atoms with Crippen molar-refractivity contribution in [1.29, 1.82) is 0 Å². The van der Waals surface area contributed by atoms with Gasteiger partial charge in [-0.15, -0.1) is 0 Å². The summed E-state index contributed by atoms with van der Waals surface area (Å²) >= 11 is 0. The van der Waals surface area contributed by atoms with Crippen LogP contribution in [0.2, 0.25) is 0 Å². The fourth-order valence-electron chi connectivity index (χ4n) is 1.12. The Kier molecular flexibility index (Phi) is 4.46. The van der Waals surface area contributed by atoms with Crippen LogP contribution in [0.5, 0.6) is 5.75 Å². The van der Waals surface area contributed by atoms with E-state index in [0.717, 1.165) is 0 Å². The van der Waals surface area contributed by atoms with E-state index < -0.39 is 52.8 Å². The van der Waals surface area contributed by atoms with E-state index in [4.69, 9.17) is 5.73 Å². The van der Waals surface area contributed by atoms with Gasteiger partial charge in [0.25, 0.3) is 0 Å². The van der Waals surface area contributed by atoms with Crippen LogP contribution in [0.4, 0.5) is 22.0 Å². The number of carbonyl (C=O) groups excluding carboxylic acids is 1. The largest absolute Gasteiger partial charge is 0.419 e. The number of carbonyl (C=O) groups is 1. The zero-order valence-corrected chi connectivity index (χ0v) is 9.94. The minimum absolute atomic E-state index is 0.436. The molecule has 0 spiro atoms. The lowest BCUT2D eigenvalue weighted by molar-refractivity contribution is -0.137. The van der Waals surface area contributed by atoms with E-state index >= 15 is 0 Å². The van der Waals surface area contributed by atoms with Crippen molar-refractivity contribution in [3.8, 4) is 5.75 Å². The Morgan fingerprint density at radius 2 is 1.32 bits per heavy atom. The lowest BCUT2D eigenvalue weighted by Gasteiger charge is -2.15. The fraction of sp³-hybridized carbons (Fsp3) is 0.364. The van der Waals surface area contributed by atoms with Crippen molar-refractivity contribution in [3.05, 3.63) is 29.1 Å². The van der Waals surface area contributed by atoms with Gasteiger partial charge < -0.3 is 10.5 Å². The maximum absolute atomic E-state index is 13.2. The fourth-order valence-corrected chi connectivity index (χ4v) is 1.12. The maximum atomic E-state index is 13.2. The highest BCUT2D eigenvalue weighted by molar-refractivity contribution is 5.78. The van der Waals surface area contributed by atoms with Gasteiger partial charge in [-0.05, 0) is 5.92 Å². The van der Waals surface area contributed by atoms with E-state index in [1.807, 2.05) is 0 Å². The number of rotatable bonds is 3. The van der Waals surface area contributed by atoms with Crippen LogP contribution in [0.15, 0.2) is 0 Å². The second-order valence-electron chi connectivity index (χ2n) is 4.09. The van der Waals surface area contributed by atoms with E-state index in [2.05, 4.69) is 4.74 Å². The molecule has 0 radical (unpaired) electrons. The first-order chi connectivity index (χ1) is 8.68. The van der Waals surface area contributed by atoms with Crippen molar-refractivity contribution in [2.75, 3.05) is 0 Å². The Bertz CT molecular complexity index is 489. The van der Waals surface area contributed by atoms with E-state index in [1.54, 1.807) is 0 Å². The van der Waals surface area contributed by atoms with E-state index in [0.29, 0.717) is 0 Å². The highest BCUT2D eigenvalue weighted by Crippen LogP contribution is 2.29. The minimum atomic E-state index is -2.33. The van der Waals surface area contributed by atoms with Crippen molar-refractivity contribution >= 4 is 5.97 Å². The van der Waals surface area contributed by atoms with Gasteiger partial charge in [0, 0.05) is 0 Å². The number of ether oxygens (including phenoxy) is 1. The summed E-state index contributed by atoms with van der Waals surface area (Å²) in [5, 5.41) is 0. The Labute approximate surface area is 105 Å². The molecule has 106 valence electrons. The summed E-state index contributed by atoms with van der Waals surface area (Å²) in [6.07, 6.45) is 0. The lowest BCUT2D eigenvalue weighted by atomic mass is 10.1. The molecule has 0 heterocycles. The molecule has 1 atom stereocenters. The number of hydrogen-bond acceptors (Lipinski definition) is 3. The van der Waals surface area contributed by atoms with Crippen molar-refractivity contribution < 1.29 is 31.5 Å². The first kappa shape index (κ1) is 15.4. The van der Waals surface area contributed by atoms with Crippen LogP contribution in [-0.4, -0.2) is 12.0 Å². The highest BCUT2D eigenvalue weighted by atomic mass is 19.2. The molecular weight excluding hydrogens is 273 g/mol. The van der Waals surface area contributed by atoms with Gasteiger partial charge in [0.05, 0.1) is 0 Å². The smallest absolute Gasteiger partial charge is 0.328 e. The summed E-state index contributed by atoms with van der Waals surface area (Å²) < 4.78 is 68.9. The van der Waals surface area contributed by atoms with Crippen LogP contribution < -0.4 is 10.5 Å². The van der Waals surface area contributed by atoms with Crippen LogP contribution >= 0.6 is 0 Å². The second kappa shape index (κ2) is 5.52. The molecule has 0 aliphatic rings. The molecule has 1 aromatic carbocycles. The summed E-state index contributed by atoms with van der Waals surface area (Å²) in [6.45, 7) is 3.04. The van der Waals surface area contributed by atoms with Crippen molar-refractivity contribution in [3.63, 3.8) is 0 Å². The molecule has 1 rings (SSSR count). The molecule has 2 N–H and O–H groups in total. The zero-order valence-electron chi connectivity index (χ0n) is 9.94. The molecular formula is C11H10F5NO2. The van der Waals surface area contributed by atoms with E-state index in [9.17, 15) is 26.7 Å². The number of halogens is 5. The first-order valence-corrected chi connectivity index (χ1v) is 5.17. The Hall–Kier alpha value is -1.70. The van der Waals surface area contributed by atoms with Gasteiger partial charge >= 0.3 is 5.97 Å². The lowest BCUT2D eigenvalue weighted by Crippen LogP contribution is -2.39. The standard InChI is InChI=1S/C11H10F5NO2/c1-3(2)9(17)11(18)19-10-7(15)5(13)4(12)6(14)8(10)16/h3,9H,17H2,1-2H3/t9-/m1/s1. The number of esters is 1. The van der Waals surface area contributed by atoms with E-state index in [-0.39, 0.29) is 0 Å². The van der Waals surface area contributed by atoms with Gasteiger partial charge in [-0.2, -0.15) is 8.78 Å². The number of benzene rings is 1. The summed E-state index contributed by atoms with van der Waals surface area (Å²) in [5.41, 5.74) is 5.33. The van der Waals surface area contributed by atoms with Crippen LogP contribution in [0.3, 0.4) is 0 Å². The van der Waals surface area contributed by atoms with Crippen molar-refractivity contribution in [2.45, 2.75) is 19.9 Å². The van der Waals surface area contributed by atoms with E-state index in [1.165, 1.54) is 13.8 Å². The predicted molar refractivity (Wildman–Crippen MR) is 54.7 cm³/mol. The molecule has 0 aromatic heterocycles. The van der Waals surface area contributed by atoms with Crippen LogP contribution in [0.25, 0.3) is 0 Å². The summed E-state index contributed by atoms with van der Waals surface area (Å²) in [5.74, 6) is -14.5. The normalized spacial score (nSPS) is 12.7. The van der Waals surface area contributed by atoms with Gasteiger partial charge in [-0.3, -0.25) is 0 Å². The third-order valence-corrected chi connectivity index (χ3v) is 2.36. The zero-order chi connectivity index (χ0) is 14.9. The second-order valence-corrected chi connectivity index (χ2v) is 4.09. The van der Waals surface area contributed by atoms with Crippen molar-refractivity contribution in [1.82, 2.24) is 0 Å². The molecule has 1 aromatic rings. The molecule has 0 aliphatic carbocycles. The van der Waals surface area contributed by atoms with Gasteiger partial charge in [-0.1, -0.05) is 13.8 Å². The highest BCUT2D eigenvalue weighted by Gasteiger charge is 2.30. The Morgan fingerprint density at radius 3 is 1.68 bits per heavy atom. The maximum Gasteiger partial charge on any atom is 0.328 e. The monoisotopic (exact) mass is 283 g/mol. The third-order valence-electron chi connectivity index (χ3n) is 2.36. The van der Waals surface area contributed by atoms with Gasteiger partial charge in [0.15, 0.2) is 0 Å².